The normalized spacial score (nSPS) is 17.6. The van der Waals surface area contributed by atoms with Crippen LogP contribution in [0.15, 0.2) is 42.5 Å². The van der Waals surface area contributed by atoms with Gasteiger partial charge in [-0.15, -0.1) is 0 Å². The number of carbonyl (C=O) groups excluding carboxylic acids is 2. The van der Waals surface area contributed by atoms with Gasteiger partial charge in [0.05, 0.1) is 6.07 Å². The minimum atomic E-state index is -1.46. The Morgan fingerprint density at radius 1 is 1.14 bits per heavy atom. The van der Waals surface area contributed by atoms with Crippen molar-refractivity contribution >= 4 is 11.8 Å². The molecule has 0 heterocycles. The van der Waals surface area contributed by atoms with E-state index in [2.05, 4.69) is 6.07 Å². The zero-order valence-electron chi connectivity index (χ0n) is 17.2. The van der Waals surface area contributed by atoms with Gasteiger partial charge in [-0.05, 0) is 64.2 Å². The average Bonchev–Trinajstić information content (AvgIpc) is 2.68. The standard InChI is InChI=1S/C24H31NO3/c1-23(2,3)28-22(27)24(18-25,16-14-19-10-6-4-7-11-19)17-15-21(26)20-12-8-5-9-13-20/h4,6-7,10-11,15,17,20H,5,8-9,12-14,16H2,1-3H3/b17-15-/t24-/m0/s1. The largest absolute Gasteiger partial charge is 0.459 e. The number of rotatable bonds is 7. The van der Waals surface area contributed by atoms with Crippen molar-refractivity contribution in [3.8, 4) is 6.07 Å². The lowest BCUT2D eigenvalue weighted by Crippen LogP contribution is -2.36. The Morgan fingerprint density at radius 2 is 1.79 bits per heavy atom. The lowest BCUT2D eigenvalue weighted by molar-refractivity contribution is -0.161. The van der Waals surface area contributed by atoms with Crippen molar-refractivity contribution in [1.29, 1.82) is 5.26 Å². The minimum Gasteiger partial charge on any atom is -0.459 e. The summed E-state index contributed by atoms with van der Waals surface area (Å²) in [6, 6.07) is 11.9. The molecule has 28 heavy (non-hydrogen) atoms. The second-order valence-corrected chi connectivity index (χ2v) is 8.64. The van der Waals surface area contributed by atoms with Gasteiger partial charge < -0.3 is 4.74 Å². The van der Waals surface area contributed by atoms with Crippen molar-refractivity contribution in [2.45, 2.75) is 71.3 Å². The molecule has 0 aliphatic heterocycles. The van der Waals surface area contributed by atoms with Gasteiger partial charge in [-0.3, -0.25) is 4.79 Å². The van der Waals surface area contributed by atoms with Crippen molar-refractivity contribution < 1.29 is 14.3 Å². The summed E-state index contributed by atoms with van der Waals surface area (Å²) in [4.78, 5) is 25.5. The summed E-state index contributed by atoms with van der Waals surface area (Å²) in [5.41, 5.74) is -1.13. The molecule has 150 valence electrons. The fourth-order valence-corrected chi connectivity index (χ4v) is 3.50. The van der Waals surface area contributed by atoms with E-state index in [1.807, 2.05) is 30.3 Å². The highest BCUT2D eigenvalue weighted by Gasteiger charge is 2.40. The summed E-state index contributed by atoms with van der Waals surface area (Å²) in [5.74, 6) is -0.567. The average molecular weight is 382 g/mol. The number of nitrogens with zero attached hydrogens (tertiary/aromatic N) is 1. The molecule has 0 radical (unpaired) electrons. The third-order valence-electron chi connectivity index (χ3n) is 5.15. The molecular weight excluding hydrogens is 350 g/mol. The van der Waals surface area contributed by atoms with Crippen molar-refractivity contribution in [3.63, 3.8) is 0 Å². The van der Waals surface area contributed by atoms with Gasteiger partial charge in [0.15, 0.2) is 11.2 Å². The van der Waals surface area contributed by atoms with Gasteiger partial charge >= 0.3 is 5.97 Å². The van der Waals surface area contributed by atoms with Gasteiger partial charge in [0.25, 0.3) is 0 Å². The van der Waals surface area contributed by atoms with Crippen molar-refractivity contribution in [1.82, 2.24) is 0 Å². The van der Waals surface area contributed by atoms with E-state index in [1.54, 1.807) is 20.8 Å². The highest BCUT2D eigenvalue weighted by atomic mass is 16.6. The highest BCUT2D eigenvalue weighted by Crippen LogP contribution is 2.31. The van der Waals surface area contributed by atoms with Crippen molar-refractivity contribution in [2.75, 3.05) is 0 Å². The number of allylic oxidation sites excluding steroid dienone is 1. The zero-order chi connectivity index (χ0) is 20.6. The summed E-state index contributed by atoms with van der Waals surface area (Å²) >= 11 is 0. The van der Waals surface area contributed by atoms with Gasteiger partial charge in [-0.1, -0.05) is 49.6 Å². The maximum atomic E-state index is 12.9. The van der Waals surface area contributed by atoms with Gasteiger partial charge in [-0.2, -0.15) is 5.26 Å². The van der Waals surface area contributed by atoms with E-state index < -0.39 is 17.0 Å². The molecule has 0 unspecified atom stereocenters. The number of aryl methyl sites for hydroxylation is 1. The first-order chi connectivity index (χ1) is 13.3. The molecule has 0 amide bonds. The van der Waals surface area contributed by atoms with Crippen LogP contribution in [0.25, 0.3) is 0 Å². The predicted octanol–water partition coefficient (Wildman–Crippen LogP) is 5.18. The molecule has 1 saturated carbocycles. The molecule has 1 aliphatic carbocycles. The van der Waals surface area contributed by atoms with Gasteiger partial charge in [-0.25, -0.2) is 4.79 Å². The van der Waals surface area contributed by atoms with E-state index in [0.717, 1.165) is 31.2 Å². The fraction of sp³-hybridized carbons (Fsp3) is 0.542. The summed E-state index contributed by atoms with van der Waals surface area (Å²) in [6.07, 6.45) is 8.84. The van der Waals surface area contributed by atoms with Crippen LogP contribution in [-0.4, -0.2) is 17.4 Å². The highest BCUT2D eigenvalue weighted by molar-refractivity contribution is 5.93. The molecule has 1 aliphatic rings. The SMILES string of the molecule is CC(C)(C)OC(=O)[C@](C#N)(/C=C\C(=O)C1CCCCC1)CCc1ccccc1. The Labute approximate surface area is 168 Å². The van der Waals surface area contributed by atoms with Crippen LogP contribution < -0.4 is 0 Å². The molecule has 1 aromatic rings. The molecule has 1 fully saturated rings. The van der Waals surface area contributed by atoms with Crippen molar-refractivity contribution in [2.24, 2.45) is 11.3 Å². The maximum Gasteiger partial charge on any atom is 0.331 e. The zero-order valence-corrected chi connectivity index (χ0v) is 17.2. The van der Waals surface area contributed by atoms with E-state index >= 15 is 0 Å². The Hall–Kier alpha value is -2.41. The topological polar surface area (TPSA) is 67.2 Å². The molecule has 1 atom stereocenters. The third-order valence-corrected chi connectivity index (χ3v) is 5.15. The molecule has 4 heteroatoms. The molecular formula is C24H31NO3. The second kappa shape index (κ2) is 9.68. The number of benzene rings is 1. The Balaban J connectivity index is 2.22. The summed E-state index contributed by atoms with van der Waals surface area (Å²) in [7, 11) is 0. The van der Waals surface area contributed by atoms with Crippen LogP contribution in [-0.2, 0) is 20.7 Å². The summed E-state index contributed by atoms with van der Waals surface area (Å²) in [6.45, 7) is 5.34. The number of ketones is 1. The van der Waals surface area contributed by atoms with Crippen LogP contribution in [0, 0.1) is 22.7 Å². The first kappa shape index (κ1) is 21.9. The first-order valence-corrected chi connectivity index (χ1v) is 10.2. The quantitative estimate of drug-likeness (QED) is 0.482. The van der Waals surface area contributed by atoms with Crippen LogP contribution >= 0.6 is 0 Å². The molecule has 1 aromatic carbocycles. The van der Waals surface area contributed by atoms with E-state index in [9.17, 15) is 14.9 Å². The molecule has 2 rings (SSSR count). The number of hydrogen-bond acceptors (Lipinski definition) is 4. The van der Waals surface area contributed by atoms with E-state index in [-0.39, 0.29) is 18.1 Å². The number of nitriles is 1. The Bertz CT molecular complexity index is 733. The molecule has 0 spiro atoms. The third kappa shape index (κ3) is 6.34. The smallest absolute Gasteiger partial charge is 0.331 e. The van der Waals surface area contributed by atoms with Gasteiger partial charge in [0.1, 0.15) is 5.60 Å². The fourth-order valence-electron chi connectivity index (χ4n) is 3.50. The van der Waals surface area contributed by atoms with E-state index in [4.69, 9.17) is 4.74 Å². The maximum absolute atomic E-state index is 12.9. The van der Waals surface area contributed by atoms with Crippen molar-refractivity contribution in [3.05, 3.63) is 48.0 Å². The van der Waals surface area contributed by atoms with Crippen LogP contribution in [0.5, 0.6) is 0 Å². The first-order valence-electron chi connectivity index (χ1n) is 10.2. The number of esters is 1. The lowest BCUT2D eigenvalue weighted by atomic mass is 9.81. The van der Waals surface area contributed by atoms with E-state index in [1.165, 1.54) is 18.6 Å². The molecule has 0 bridgehead atoms. The summed E-state index contributed by atoms with van der Waals surface area (Å²) < 4.78 is 5.54. The number of ether oxygens (including phenoxy) is 1. The molecule has 0 N–H and O–H groups in total. The number of carbonyl (C=O) groups is 2. The van der Waals surface area contributed by atoms with Crippen LogP contribution in [0.4, 0.5) is 0 Å². The van der Waals surface area contributed by atoms with Crippen LogP contribution in [0.3, 0.4) is 0 Å². The predicted molar refractivity (Wildman–Crippen MR) is 109 cm³/mol. The lowest BCUT2D eigenvalue weighted by Gasteiger charge is -2.27. The van der Waals surface area contributed by atoms with E-state index in [0.29, 0.717) is 6.42 Å². The number of hydrogen-bond donors (Lipinski definition) is 0. The molecule has 4 nitrogen and oxygen atoms in total. The monoisotopic (exact) mass is 381 g/mol. The Kier molecular flexibility index (Phi) is 7.57. The van der Waals surface area contributed by atoms with Crippen LogP contribution in [0.1, 0.15) is 64.9 Å². The Morgan fingerprint density at radius 3 is 2.36 bits per heavy atom. The second-order valence-electron chi connectivity index (χ2n) is 8.64. The molecule has 0 saturated heterocycles. The van der Waals surface area contributed by atoms with Gasteiger partial charge in [0.2, 0.25) is 0 Å². The van der Waals surface area contributed by atoms with Gasteiger partial charge in [0, 0.05) is 5.92 Å². The molecule has 0 aromatic heterocycles. The van der Waals surface area contributed by atoms with Crippen LogP contribution in [0.2, 0.25) is 0 Å². The minimum absolute atomic E-state index is 0.00847. The summed E-state index contributed by atoms with van der Waals surface area (Å²) in [5, 5.41) is 9.93.